The quantitative estimate of drug-likeness (QED) is 0.171. The first kappa shape index (κ1) is 27.2. The lowest BCUT2D eigenvalue weighted by molar-refractivity contribution is -0.172. The third kappa shape index (κ3) is 4.39. The fourth-order valence-electron chi connectivity index (χ4n) is 6.84. The minimum absolute atomic E-state index is 0.00827. The molecule has 0 aliphatic heterocycles. The molecule has 1 aromatic carbocycles. The average molecular weight is 499 g/mol. The van der Waals surface area contributed by atoms with Crippen molar-refractivity contribution in [3.05, 3.63) is 59.4 Å². The molecule has 1 saturated carbocycles. The Morgan fingerprint density at radius 2 is 1.40 bits per heavy atom. The zero-order valence-corrected chi connectivity index (χ0v) is 23.8. The van der Waals surface area contributed by atoms with Gasteiger partial charge < -0.3 is 13.9 Å². The van der Waals surface area contributed by atoms with E-state index in [0.717, 1.165) is 16.9 Å². The molecule has 35 heavy (non-hydrogen) atoms. The molecule has 0 radical (unpaired) electrons. The summed E-state index contributed by atoms with van der Waals surface area (Å²) in [6.45, 7) is 15.6. The second kappa shape index (κ2) is 10.3. The summed E-state index contributed by atoms with van der Waals surface area (Å²) in [5, 5.41) is 0. The number of esters is 2. The highest BCUT2D eigenvalue weighted by molar-refractivity contribution is 6.77. The van der Waals surface area contributed by atoms with Crippen LogP contribution in [0.1, 0.15) is 66.4 Å². The molecule has 0 spiro atoms. The number of carbonyl (C=O) groups excluding carboxylic acids is 2. The van der Waals surface area contributed by atoms with Crippen LogP contribution < -0.4 is 0 Å². The second-order valence-corrected chi connectivity index (χ2v) is 16.4. The van der Waals surface area contributed by atoms with Gasteiger partial charge in [0.25, 0.3) is 8.32 Å². The highest BCUT2D eigenvalue weighted by Crippen LogP contribution is 2.58. The van der Waals surface area contributed by atoms with Crippen LogP contribution in [0, 0.1) is 17.3 Å². The van der Waals surface area contributed by atoms with Crippen molar-refractivity contribution in [2.24, 2.45) is 17.3 Å². The Morgan fingerprint density at radius 3 is 1.86 bits per heavy atom. The van der Waals surface area contributed by atoms with E-state index in [9.17, 15) is 9.59 Å². The van der Waals surface area contributed by atoms with Gasteiger partial charge in [-0.2, -0.15) is 0 Å². The van der Waals surface area contributed by atoms with E-state index in [-0.39, 0.29) is 24.2 Å². The Bertz CT molecular complexity index is 954. The van der Waals surface area contributed by atoms with Crippen molar-refractivity contribution in [1.29, 1.82) is 0 Å². The van der Waals surface area contributed by atoms with Crippen LogP contribution in [-0.4, -0.2) is 34.5 Å². The van der Waals surface area contributed by atoms with Crippen LogP contribution in [0.25, 0.3) is 0 Å². The summed E-state index contributed by atoms with van der Waals surface area (Å²) in [7, 11) is 0.395. The monoisotopic (exact) mass is 498 g/mol. The highest BCUT2D eigenvalue weighted by atomic mass is 28.4. The first-order valence-corrected chi connectivity index (χ1v) is 14.9. The Hall–Kier alpha value is -2.34. The maximum Gasteiger partial charge on any atom is 0.323 e. The number of benzene rings is 1. The number of ether oxygens (including phenoxy) is 2. The van der Waals surface area contributed by atoms with Crippen LogP contribution in [0.15, 0.2) is 53.8 Å². The number of fused-ring (bicyclic) bond motifs is 1. The molecule has 0 bridgehead atoms. The summed E-state index contributed by atoms with van der Waals surface area (Å²) in [6, 6.07) is 10.3. The maximum atomic E-state index is 13.2. The van der Waals surface area contributed by atoms with Crippen molar-refractivity contribution in [2.45, 2.75) is 77.4 Å². The second-order valence-electron chi connectivity index (χ2n) is 11.1. The molecule has 6 heteroatoms. The van der Waals surface area contributed by atoms with Crippen LogP contribution in [0.2, 0.25) is 16.6 Å². The van der Waals surface area contributed by atoms with Crippen molar-refractivity contribution in [3.8, 4) is 0 Å². The van der Waals surface area contributed by atoms with Gasteiger partial charge in [-0.15, -0.1) is 0 Å². The zero-order valence-electron chi connectivity index (χ0n) is 22.8. The standard InChI is InChI=1S/C29H42O5Si/c1-18(2)35(19(3)4,20(5)6)34-25-16-23(22-13-11-10-12-14-22)15-24-17-29(27(30)32-8,28(31)33-9)21(7)26(24)25/h10-16,18-21,23,26H,17H2,1-9H3/t21-,23-,26-/m1/s1. The van der Waals surface area contributed by atoms with Gasteiger partial charge in [-0.05, 0) is 40.6 Å². The highest BCUT2D eigenvalue weighted by Gasteiger charge is 2.63. The number of allylic oxidation sites excluding steroid dienone is 3. The van der Waals surface area contributed by atoms with Gasteiger partial charge in [0.1, 0.15) is 0 Å². The van der Waals surface area contributed by atoms with Gasteiger partial charge in [0.2, 0.25) is 0 Å². The Labute approximate surface area is 212 Å². The van der Waals surface area contributed by atoms with Crippen LogP contribution in [0.5, 0.6) is 0 Å². The lowest BCUT2D eigenvalue weighted by Crippen LogP contribution is -2.49. The largest absolute Gasteiger partial charge is 0.545 e. The third-order valence-corrected chi connectivity index (χ3v) is 14.5. The summed E-state index contributed by atoms with van der Waals surface area (Å²) < 4.78 is 17.6. The molecule has 192 valence electrons. The van der Waals surface area contributed by atoms with E-state index >= 15 is 0 Å². The van der Waals surface area contributed by atoms with E-state index in [1.807, 2.05) is 25.1 Å². The predicted octanol–water partition coefficient (Wildman–Crippen LogP) is 6.77. The molecule has 5 nitrogen and oxygen atoms in total. The van der Waals surface area contributed by atoms with Crippen molar-refractivity contribution in [3.63, 3.8) is 0 Å². The van der Waals surface area contributed by atoms with E-state index in [0.29, 0.717) is 16.6 Å². The first-order valence-electron chi connectivity index (χ1n) is 12.8. The predicted molar refractivity (Wildman–Crippen MR) is 141 cm³/mol. The van der Waals surface area contributed by atoms with E-state index < -0.39 is 25.7 Å². The van der Waals surface area contributed by atoms with E-state index in [1.54, 1.807) is 0 Å². The Balaban J connectivity index is 2.21. The molecule has 2 aliphatic rings. The molecule has 0 N–H and O–H groups in total. The van der Waals surface area contributed by atoms with Crippen molar-refractivity contribution < 1.29 is 23.5 Å². The fraction of sp³-hybridized carbons (Fsp3) is 0.586. The molecule has 3 atom stereocenters. The van der Waals surface area contributed by atoms with Crippen LogP contribution >= 0.6 is 0 Å². The van der Waals surface area contributed by atoms with Crippen LogP contribution in [-0.2, 0) is 23.5 Å². The fourth-order valence-corrected chi connectivity index (χ4v) is 12.1. The number of hydrogen-bond donors (Lipinski definition) is 0. The minimum Gasteiger partial charge on any atom is -0.545 e. The van der Waals surface area contributed by atoms with E-state index in [4.69, 9.17) is 13.9 Å². The Kier molecular flexibility index (Phi) is 8.05. The number of hydrogen-bond acceptors (Lipinski definition) is 5. The van der Waals surface area contributed by atoms with Gasteiger partial charge in [0.05, 0.1) is 20.0 Å². The summed E-state index contributed by atoms with van der Waals surface area (Å²) in [5.41, 5.74) is 2.03. The SMILES string of the molecule is COC(=O)C1(C(=O)OC)CC2=C[C@@H](c3ccccc3)C=C(O[Si](C(C)C)(C(C)C)C(C)C)[C@@H]2[C@H]1C. The van der Waals surface area contributed by atoms with Gasteiger partial charge >= 0.3 is 11.9 Å². The van der Waals surface area contributed by atoms with Crippen molar-refractivity contribution in [1.82, 2.24) is 0 Å². The normalized spacial score (nSPS) is 23.6. The molecule has 0 aromatic heterocycles. The van der Waals surface area contributed by atoms with Crippen molar-refractivity contribution >= 4 is 20.3 Å². The molecular formula is C29H42O5Si. The molecule has 0 saturated heterocycles. The van der Waals surface area contributed by atoms with Gasteiger partial charge in [-0.25, -0.2) is 0 Å². The molecular weight excluding hydrogens is 456 g/mol. The average Bonchev–Trinajstić information content (AvgIpc) is 3.14. The first-order chi connectivity index (χ1) is 16.5. The number of carbonyl (C=O) groups is 2. The van der Waals surface area contributed by atoms with Crippen molar-refractivity contribution in [2.75, 3.05) is 14.2 Å². The maximum absolute atomic E-state index is 13.2. The van der Waals surface area contributed by atoms with Gasteiger partial charge in [0, 0.05) is 11.8 Å². The Morgan fingerprint density at radius 1 is 0.886 bits per heavy atom. The molecule has 1 fully saturated rings. The number of rotatable bonds is 8. The summed E-state index contributed by atoms with van der Waals surface area (Å²) in [5.74, 6) is -0.688. The smallest absolute Gasteiger partial charge is 0.323 e. The molecule has 0 unspecified atom stereocenters. The number of methoxy groups -OCH3 is 2. The van der Waals surface area contributed by atoms with Gasteiger partial charge in [-0.1, -0.05) is 90.4 Å². The molecule has 0 heterocycles. The molecule has 3 rings (SSSR count). The molecule has 2 aliphatic carbocycles. The summed E-state index contributed by atoms with van der Waals surface area (Å²) in [4.78, 5) is 26.3. The van der Waals surface area contributed by atoms with Crippen LogP contribution in [0.3, 0.4) is 0 Å². The molecule has 1 aromatic rings. The van der Waals surface area contributed by atoms with Gasteiger partial charge in [0.15, 0.2) is 5.41 Å². The molecule has 0 amide bonds. The summed E-state index contributed by atoms with van der Waals surface area (Å²) in [6.07, 6.45) is 4.71. The summed E-state index contributed by atoms with van der Waals surface area (Å²) >= 11 is 0. The van der Waals surface area contributed by atoms with E-state index in [2.05, 4.69) is 65.8 Å². The van der Waals surface area contributed by atoms with E-state index in [1.165, 1.54) is 14.2 Å². The lowest BCUT2D eigenvalue weighted by atomic mass is 9.75. The topological polar surface area (TPSA) is 61.8 Å². The minimum atomic E-state index is -2.28. The van der Waals surface area contributed by atoms with Gasteiger partial charge in [-0.3, -0.25) is 9.59 Å². The lowest BCUT2D eigenvalue weighted by Gasteiger charge is -2.45. The third-order valence-electron chi connectivity index (χ3n) is 8.49. The van der Waals surface area contributed by atoms with Crippen LogP contribution in [0.4, 0.5) is 0 Å². The zero-order chi connectivity index (χ0) is 26.1.